The number of hydrogen-bond acceptors (Lipinski definition) is 4. The summed E-state index contributed by atoms with van der Waals surface area (Å²) in [7, 11) is 0. The lowest BCUT2D eigenvalue weighted by atomic mass is 10.1. The van der Waals surface area contributed by atoms with E-state index in [9.17, 15) is 4.79 Å². The van der Waals surface area contributed by atoms with Crippen LogP contribution in [0.3, 0.4) is 0 Å². The van der Waals surface area contributed by atoms with Gasteiger partial charge in [0, 0.05) is 10.4 Å². The van der Waals surface area contributed by atoms with Gasteiger partial charge in [0.2, 0.25) is 0 Å². The van der Waals surface area contributed by atoms with Gasteiger partial charge < -0.3 is 5.11 Å². The fourth-order valence-corrected chi connectivity index (χ4v) is 3.60. The van der Waals surface area contributed by atoms with E-state index < -0.39 is 5.97 Å². The molecular weight excluding hydrogens is 278 g/mol. The second-order valence-electron chi connectivity index (χ2n) is 4.40. The third-order valence-electron chi connectivity index (χ3n) is 2.52. The lowest BCUT2D eigenvalue weighted by molar-refractivity contribution is -0.133. The predicted octanol–water partition coefficient (Wildman–Crippen LogP) is 4.11. The maximum Gasteiger partial charge on any atom is 0.313 e. The highest BCUT2D eigenvalue weighted by Gasteiger charge is 2.16. The molecule has 0 unspecified atom stereocenters. The Morgan fingerprint density at radius 3 is 2.63 bits per heavy atom. The minimum Gasteiger partial charge on any atom is -0.481 e. The van der Waals surface area contributed by atoms with Crippen molar-refractivity contribution in [1.29, 1.82) is 0 Å². The number of carboxylic acid groups (broad SMARTS) is 1. The van der Waals surface area contributed by atoms with Crippen molar-refractivity contribution in [2.24, 2.45) is 0 Å². The van der Waals surface area contributed by atoms with Crippen molar-refractivity contribution in [3.8, 4) is 11.3 Å². The van der Waals surface area contributed by atoms with Crippen LogP contribution in [-0.2, 0) is 4.79 Å². The van der Waals surface area contributed by atoms with Gasteiger partial charge in [0.15, 0.2) is 4.34 Å². The van der Waals surface area contributed by atoms with Crippen LogP contribution in [0.4, 0.5) is 0 Å². The highest BCUT2D eigenvalue weighted by molar-refractivity contribution is 8.01. The number of aliphatic carboxylic acids is 1. The molecule has 19 heavy (non-hydrogen) atoms. The molecule has 0 aliphatic heterocycles. The second kappa shape index (κ2) is 6.21. The average Bonchev–Trinajstić information content (AvgIpc) is 2.82. The van der Waals surface area contributed by atoms with Crippen LogP contribution in [-0.4, -0.2) is 21.8 Å². The Hall–Kier alpha value is -1.33. The summed E-state index contributed by atoms with van der Waals surface area (Å²) >= 11 is 2.88. The molecule has 5 heteroatoms. The Balaban J connectivity index is 2.34. The monoisotopic (exact) mass is 293 g/mol. The highest BCUT2D eigenvalue weighted by Crippen LogP contribution is 2.37. The SMILES string of the molecule is CC(C)c1sc(SCC(=O)O)nc1-c1ccccc1. The van der Waals surface area contributed by atoms with Crippen LogP contribution in [0.15, 0.2) is 34.7 Å². The summed E-state index contributed by atoms with van der Waals surface area (Å²) in [5.41, 5.74) is 2.07. The quantitative estimate of drug-likeness (QED) is 0.843. The number of aromatic nitrogens is 1. The first-order chi connectivity index (χ1) is 9.08. The van der Waals surface area contributed by atoms with Gasteiger partial charge in [0.05, 0.1) is 11.4 Å². The topological polar surface area (TPSA) is 50.2 Å². The Kier molecular flexibility index (Phi) is 4.61. The number of carbonyl (C=O) groups is 1. The summed E-state index contributed by atoms with van der Waals surface area (Å²) in [6.07, 6.45) is 0. The van der Waals surface area contributed by atoms with E-state index in [0.717, 1.165) is 15.6 Å². The van der Waals surface area contributed by atoms with Gasteiger partial charge in [0.1, 0.15) is 0 Å². The molecule has 0 radical (unpaired) electrons. The van der Waals surface area contributed by atoms with Crippen LogP contribution in [0, 0.1) is 0 Å². The van der Waals surface area contributed by atoms with Crippen LogP contribution in [0.5, 0.6) is 0 Å². The zero-order chi connectivity index (χ0) is 13.8. The summed E-state index contributed by atoms with van der Waals surface area (Å²) in [6, 6.07) is 10.0. The summed E-state index contributed by atoms with van der Waals surface area (Å²) in [4.78, 5) is 16.4. The number of rotatable bonds is 5. The van der Waals surface area contributed by atoms with Crippen molar-refractivity contribution in [1.82, 2.24) is 4.98 Å². The molecule has 0 spiro atoms. The fraction of sp³-hybridized carbons (Fsp3) is 0.286. The van der Waals surface area contributed by atoms with Crippen molar-refractivity contribution < 1.29 is 9.90 Å². The number of carboxylic acids is 1. The Morgan fingerprint density at radius 1 is 1.37 bits per heavy atom. The van der Waals surface area contributed by atoms with Gasteiger partial charge in [0.25, 0.3) is 0 Å². The van der Waals surface area contributed by atoms with E-state index in [1.54, 1.807) is 11.3 Å². The van der Waals surface area contributed by atoms with Crippen molar-refractivity contribution in [2.45, 2.75) is 24.1 Å². The van der Waals surface area contributed by atoms with Crippen LogP contribution in [0.2, 0.25) is 0 Å². The number of nitrogens with zero attached hydrogens (tertiary/aromatic N) is 1. The first-order valence-corrected chi connectivity index (χ1v) is 7.79. The van der Waals surface area contributed by atoms with Crippen molar-refractivity contribution in [3.05, 3.63) is 35.2 Å². The standard InChI is InChI=1S/C14H15NO2S2/c1-9(2)13-12(10-6-4-3-5-7-10)15-14(19-13)18-8-11(16)17/h3-7,9H,8H2,1-2H3,(H,16,17). The number of thioether (sulfide) groups is 1. The molecular formula is C14H15NO2S2. The zero-order valence-corrected chi connectivity index (χ0v) is 12.4. The van der Waals surface area contributed by atoms with E-state index in [4.69, 9.17) is 5.11 Å². The smallest absolute Gasteiger partial charge is 0.313 e. The molecule has 0 saturated carbocycles. The minimum atomic E-state index is -0.812. The molecule has 0 fully saturated rings. The lowest BCUT2D eigenvalue weighted by Crippen LogP contribution is -1.96. The van der Waals surface area contributed by atoms with E-state index >= 15 is 0 Å². The molecule has 1 N–H and O–H groups in total. The highest BCUT2D eigenvalue weighted by atomic mass is 32.2. The molecule has 1 aromatic heterocycles. The molecule has 0 atom stereocenters. The summed E-state index contributed by atoms with van der Waals surface area (Å²) < 4.78 is 0.824. The van der Waals surface area contributed by atoms with Crippen LogP contribution in [0.25, 0.3) is 11.3 Å². The molecule has 0 bridgehead atoms. The van der Waals surface area contributed by atoms with Gasteiger partial charge >= 0.3 is 5.97 Å². The van der Waals surface area contributed by atoms with Gasteiger partial charge in [-0.05, 0) is 5.92 Å². The van der Waals surface area contributed by atoms with Crippen LogP contribution in [0.1, 0.15) is 24.6 Å². The predicted molar refractivity (Wildman–Crippen MR) is 80.0 cm³/mol. The van der Waals surface area contributed by atoms with Gasteiger partial charge in [-0.25, -0.2) is 4.98 Å². The molecule has 100 valence electrons. The Labute approximate surface area is 120 Å². The molecule has 1 aromatic carbocycles. The van der Waals surface area contributed by atoms with Gasteiger partial charge in [-0.1, -0.05) is 55.9 Å². The summed E-state index contributed by atoms with van der Waals surface area (Å²) in [6.45, 7) is 4.26. The summed E-state index contributed by atoms with van der Waals surface area (Å²) in [5, 5.41) is 8.73. The first-order valence-electron chi connectivity index (χ1n) is 5.98. The minimum absolute atomic E-state index is 0.0548. The molecule has 0 amide bonds. The maximum absolute atomic E-state index is 10.6. The zero-order valence-electron chi connectivity index (χ0n) is 10.8. The molecule has 1 heterocycles. The van der Waals surface area contributed by atoms with E-state index in [1.165, 1.54) is 16.6 Å². The van der Waals surface area contributed by atoms with Crippen molar-refractivity contribution in [3.63, 3.8) is 0 Å². The number of hydrogen-bond donors (Lipinski definition) is 1. The average molecular weight is 293 g/mol. The molecule has 2 rings (SSSR count). The van der Waals surface area contributed by atoms with Crippen molar-refractivity contribution >= 4 is 29.1 Å². The van der Waals surface area contributed by atoms with E-state index in [1.807, 2.05) is 30.3 Å². The summed E-state index contributed by atoms with van der Waals surface area (Å²) in [5.74, 6) is -0.376. The molecule has 3 nitrogen and oxygen atoms in total. The largest absolute Gasteiger partial charge is 0.481 e. The molecule has 0 saturated heterocycles. The van der Waals surface area contributed by atoms with Gasteiger partial charge in [-0.15, -0.1) is 11.3 Å². The molecule has 0 aliphatic carbocycles. The van der Waals surface area contributed by atoms with Gasteiger partial charge in [-0.3, -0.25) is 4.79 Å². The Morgan fingerprint density at radius 2 is 2.05 bits per heavy atom. The third-order valence-corrected chi connectivity index (χ3v) is 5.01. The molecule has 0 aliphatic rings. The van der Waals surface area contributed by atoms with Crippen LogP contribution < -0.4 is 0 Å². The van der Waals surface area contributed by atoms with E-state index in [-0.39, 0.29) is 5.75 Å². The molecule has 2 aromatic rings. The van der Waals surface area contributed by atoms with Gasteiger partial charge in [-0.2, -0.15) is 0 Å². The fourth-order valence-electron chi connectivity index (χ4n) is 1.69. The van der Waals surface area contributed by atoms with E-state index in [2.05, 4.69) is 18.8 Å². The van der Waals surface area contributed by atoms with Crippen molar-refractivity contribution in [2.75, 3.05) is 5.75 Å². The van der Waals surface area contributed by atoms with Crippen LogP contribution >= 0.6 is 23.1 Å². The third kappa shape index (κ3) is 3.58. The maximum atomic E-state index is 10.6. The lowest BCUT2D eigenvalue weighted by Gasteiger charge is -2.04. The Bertz CT molecular complexity index is 564. The number of benzene rings is 1. The number of thiazole rings is 1. The van der Waals surface area contributed by atoms with E-state index in [0.29, 0.717) is 5.92 Å². The first kappa shape index (κ1) is 14.1. The second-order valence-corrected chi connectivity index (χ2v) is 6.65. The normalized spacial score (nSPS) is 10.9.